The molecule has 0 aliphatic rings. The molecule has 1 rings (SSSR count). The van der Waals surface area contributed by atoms with Crippen molar-refractivity contribution in [1.29, 1.82) is 5.26 Å². The maximum Gasteiger partial charge on any atom is 0.260 e. The third-order valence-electron chi connectivity index (χ3n) is 3.05. The van der Waals surface area contributed by atoms with Gasteiger partial charge in [0.2, 0.25) is 0 Å². The number of benzene rings is 1. The molecule has 1 N–H and O–H groups in total. The number of nitriles is 1. The smallest absolute Gasteiger partial charge is 0.260 e. The maximum atomic E-state index is 11.9. The quantitative estimate of drug-likeness (QED) is 0.747. The van der Waals surface area contributed by atoms with Crippen molar-refractivity contribution < 1.29 is 14.3 Å². The Bertz CT molecular complexity index is 509. The fourth-order valence-corrected chi connectivity index (χ4v) is 1.81. The van der Waals surface area contributed by atoms with Crippen LogP contribution in [0.4, 0.5) is 0 Å². The largest absolute Gasteiger partial charge is 0.493 e. The van der Waals surface area contributed by atoms with E-state index in [1.165, 1.54) is 7.11 Å². The molecule has 1 unspecified atom stereocenters. The summed E-state index contributed by atoms with van der Waals surface area (Å²) in [5.74, 6) is 0.741. The van der Waals surface area contributed by atoms with Gasteiger partial charge >= 0.3 is 0 Å². The van der Waals surface area contributed by atoms with Gasteiger partial charge in [-0.25, -0.2) is 0 Å². The molecule has 0 saturated carbocycles. The predicted octanol–water partition coefficient (Wildman–Crippen LogP) is 2.64. The van der Waals surface area contributed by atoms with Gasteiger partial charge in [0.25, 0.3) is 5.91 Å². The van der Waals surface area contributed by atoms with Gasteiger partial charge in [0.15, 0.2) is 17.6 Å². The predicted molar refractivity (Wildman–Crippen MR) is 80.3 cm³/mol. The Kier molecular flexibility index (Phi) is 7.10. The summed E-state index contributed by atoms with van der Waals surface area (Å²) < 4.78 is 10.8. The van der Waals surface area contributed by atoms with Crippen molar-refractivity contribution in [3.63, 3.8) is 0 Å². The van der Waals surface area contributed by atoms with Gasteiger partial charge in [0.1, 0.15) is 0 Å². The van der Waals surface area contributed by atoms with Gasteiger partial charge in [0.05, 0.1) is 18.7 Å². The van der Waals surface area contributed by atoms with Crippen LogP contribution in [0, 0.1) is 11.3 Å². The second-order valence-electron chi connectivity index (χ2n) is 4.74. The number of amides is 1. The summed E-state index contributed by atoms with van der Waals surface area (Å²) in [7, 11) is 1.50. The highest BCUT2D eigenvalue weighted by Gasteiger charge is 2.16. The molecule has 1 amide bonds. The molecule has 0 fully saturated rings. The van der Waals surface area contributed by atoms with E-state index in [2.05, 4.69) is 12.2 Å². The third kappa shape index (κ3) is 5.35. The highest BCUT2D eigenvalue weighted by Crippen LogP contribution is 2.28. The molecule has 0 aromatic heterocycles. The number of ether oxygens (including phenoxy) is 2. The van der Waals surface area contributed by atoms with E-state index in [-0.39, 0.29) is 5.91 Å². The number of rotatable bonds is 8. The van der Waals surface area contributed by atoms with Crippen LogP contribution in [-0.2, 0) is 4.79 Å². The highest BCUT2D eigenvalue weighted by atomic mass is 16.5. The molecule has 0 aliphatic heterocycles. The van der Waals surface area contributed by atoms with Crippen LogP contribution in [0.15, 0.2) is 18.2 Å². The number of carbonyl (C=O) groups excluding carboxylic acids is 1. The second kappa shape index (κ2) is 8.85. The first-order valence-electron chi connectivity index (χ1n) is 7.14. The molecule has 1 aromatic carbocycles. The lowest BCUT2D eigenvalue weighted by molar-refractivity contribution is -0.127. The maximum absolute atomic E-state index is 11.9. The Balaban J connectivity index is 2.59. The molecular formula is C16H22N2O3. The van der Waals surface area contributed by atoms with Gasteiger partial charge in [-0.3, -0.25) is 4.79 Å². The zero-order chi connectivity index (χ0) is 15.7. The molecule has 0 heterocycles. The summed E-state index contributed by atoms with van der Waals surface area (Å²) >= 11 is 0. The lowest BCUT2D eigenvalue weighted by atomic mass is 10.2. The minimum atomic E-state index is -0.617. The van der Waals surface area contributed by atoms with Crippen LogP contribution in [0.5, 0.6) is 11.5 Å². The first kappa shape index (κ1) is 16.8. The number of nitrogens with one attached hydrogen (secondary N) is 1. The third-order valence-corrected chi connectivity index (χ3v) is 3.05. The molecule has 0 radical (unpaired) electrons. The lowest BCUT2D eigenvalue weighted by Crippen LogP contribution is -2.36. The average Bonchev–Trinajstić information content (AvgIpc) is 2.51. The zero-order valence-electron chi connectivity index (χ0n) is 12.8. The van der Waals surface area contributed by atoms with Crippen molar-refractivity contribution in [3.05, 3.63) is 23.8 Å². The molecular weight excluding hydrogens is 268 g/mol. The van der Waals surface area contributed by atoms with E-state index >= 15 is 0 Å². The summed E-state index contributed by atoms with van der Waals surface area (Å²) in [6.07, 6.45) is 2.56. The summed E-state index contributed by atoms with van der Waals surface area (Å²) in [6, 6.07) is 6.88. The Morgan fingerprint density at radius 1 is 1.38 bits per heavy atom. The van der Waals surface area contributed by atoms with Gasteiger partial charge in [-0.1, -0.05) is 19.8 Å². The first-order chi connectivity index (χ1) is 10.1. The topological polar surface area (TPSA) is 71.3 Å². The van der Waals surface area contributed by atoms with Crippen LogP contribution in [0.1, 0.15) is 38.7 Å². The molecule has 5 heteroatoms. The van der Waals surface area contributed by atoms with Gasteiger partial charge in [-0.15, -0.1) is 0 Å². The second-order valence-corrected chi connectivity index (χ2v) is 4.74. The van der Waals surface area contributed by atoms with Crippen LogP contribution < -0.4 is 14.8 Å². The number of hydrogen-bond donors (Lipinski definition) is 1. The van der Waals surface area contributed by atoms with Crippen LogP contribution in [0.2, 0.25) is 0 Å². The molecule has 0 saturated heterocycles. The molecule has 1 aromatic rings. The summed E-state index contributed by atoms with van der Waals surface area (Å²) in [5.41, 5.74) is 0.482. The van der Waals surface area contributed by atoms with Crippen molar-refractivity contribution in [2.45, 2.75) is 39.2 Å². The fraction of sp³-hybridized carbons (Fsp3) is 0.500. The van der Waals surface area contributed by atoms with Crippen molar-refractivity contribution in [2.75, 3.05) is 13.7 Å². The fourth-order valence-electron chi connectivity index (χ4n) is 1.81. The van der Waals surface area contributed by atoms with Crippen LogP contribution in [0.25, 0.3) is 0 Å². The lowest BCUT2D eigenvalue weighted by Gasteiger charge is -2.16. The van der Waals surface area contributed by atoms with Crippen molar-refractivity contribution in [3.8, 4) is 17.6 Å². The minimum Gasteiger partial charge on any atom is -0.493 e. The van der Waals surface area contributed by atoms with Crippen LogP contribution in [-0.4, -0.2) is 25.7 Å². The number of unbranched alkanes of at least 4 members (excludes halogenated alkanes) is 2. The summed E-state index contributed by atoms with van der Waals surface area (Å²) in [6.45, 7) is 4.46. The van der Waals surface area contributed by atoms with Crippen LogP contribution in [0.3, 0.4) is 0 Å². The van der Waals surface area contributed by atoms with E-state index < -0.39 is 6.10 Å². The Hall–Kier alpha value is -2.22. The standard InChI is InChI=1S/C16H22N2O3/c1-4-5-6-9-18-16(19)12(2)21-14-8-7-13(11-17)10-15(14)20-3/h7-8,10,12H,4-6,9H2,1-3H3,(H,18,19). The SMILES string of the molecule is CCCCCNC(=O)C(C)Oc1ccc(C#N)cc1OC. The number of nitrogens with zero attached hydrogens (tertiary/aromatic N) is 1. The number of carbonyl (C=O) groups is 1. The Morgan fingerprint density at radius 2 is 2.14 bits per heavy atom. The van der Waals surface area contributed by atoms with E-state index in [4.69, 9.17) is 14.7 Å². The van der Waals surface area contributed by atoms with Crippen LogP contribution >= 0.6 is 0 Å². The number of hydrogen-bond acceptors (Lipinski definition) is 4. The van der Waals surface area contributed by atoms with E-state index in [0.717, 1.165) is 19.3 Å². The van der Waals surface area contributed by atoms with Crippen molar-refractivity contribution >= 4 is 5.91 Å². The van der Waals surface area contributed by atoms with E-state index in [0.29, 0.717) is 23.6 Å². The molecule has 5 nitrogen and oxygen atoms in total. The molecule has 0 spiro atoms. The minimum absolute atomic E-state index is 0.155. The van der Waals surface area contributed by atoms with E-state index in [1.54, 1.807) is 25.1 Å². The Morgan fingerprint density at radius 3 is 2.76 bits per heavy atom. The van der Waals surface area contributed by atoms with Gasteiger partial charge in [-0.2, -0.15) is 5.26 Å². The molecule has 21 heavy (non-hydrogen) atoms. The highest BCUT2D eigenvalue weighted by molar-refractivity contribution is 5.80. The van der Waals surface area contributed by atoms with Crippen molar-refractivity contribution in [2.24, 2.45) is 0 Å². The first-order valence-corrected chi connectivity index (χ1v) is 7.14. The summed E-state index contributed by atoms with van der Waals surface area (Å²) in [5, 5.41) is 11.7. The zero-order valence-corrected chi connectivity index (χ0v) is 12.8. The van der Waals surface area contributed by atoms with Gasteiger partial charge < -0.3 is 14.8 Å². The summed E-state index contributed by atoms with van der Waals surface area (Å²) in [4.78, 5) is 11.9. The molecule has 1 atom stereocenters. The molecule has 0 aliphatic carbocycles. The number of methoxy groups -OCH3 is 1. The average molecular weight is 290 g/mol. The Labute approximate surface area is 125 Å². The van der Waals surface area contributed by atoms with Crippen molar-refractivity contribution in [1.82, 2.24) is 5.32 Å². The van der Waals surface area contributed by atoms with E-state index in [1.807, 2.05) is 6.07 Å². The normalized spacial score (nSPS) is 11.3. The van der Waals surface area contributed by atoms with Gasteiger partial charge in [-0.05, 0) is 25.5 Å². The van der Waals surface area contributed by atoms with Gasteiger partial charge in [0, 0.05) is 12.6 Å². The molecule has 114 valence electrons. The molecule has 0 bridgehead atoms. The monoisotopic (exact) mass is 290 g/mol. The van der Waals surface area contributed by atoms with E-state index in [9.17, 15) is 4.79 Å².